The number of halogens is 1. The number of aliphatic hydroxyl groups excluding tert-OH is 1. The van der Waals surface area contributed by atoms with Gasteiger partial charge in [-0.25, -0.2) is 0 Å². The minimum absolute atomic E-state index is 0.105. The van der Waals surface area contributed by atoms with E-state index in [9.17, 15) is 9.90 Å². The molecule has 1 amide bonds. The first-order chi connectivity index (χ1) is 11.4. The van der Waals surface area contributed by atoms with Gasteiger partial charge in [0, 0.05) is 11.6 Å². The highest BCUT2D eigenvalue weighted by molar-refractivity contribution is 6.30. The number of hydrogen-bond acceptors (Lipinski definition) is 3. The number of aliphatic hydroxyl groups is 1. The molecule has 0 saturated carbocycles. The van der Waals surface area contributed by atoms with Gasteiger partial charge in [-0.15, -0.1) is 0 Å². The van der Waals surface area contributed by atoms with E-state index in [1.807, 2.05) is 38.1 Å². The van der Waals surface area contributed by atoms with Crippen LogP contribution in [0.2, 0.25) is 5.02 Å². The molecule has 0 bridgehead atoms. The predicted octanol–water partition coefficient (Wildman–Crippen LogP) is 3.52. The molecule has 0 aliphatic heterocycles. The first kappa shape index (κ1) is 18.3. The molecule has 2 rings (SSSR count). The second-order valence-corrected chi connectivity index (χ2v) is 6.30. The highest BCUT2D eigenvalue weighted by atomic mass is 35.5. The van der Waals surface area contributed by atoms with Crippen LogP contribution >= 0.6 is 11.6 Å². The van der Waals surface area contributed by atoms with E-state index in [1.165, 1.54) is 0 Å². The van der Waals surface area contributed by atoms with Crippen LogP contribution < -0.4 is 10.1 Å². The zero-order valence-corrected chi connectivity index (χ0v) is 14.6. The van der Waals surface area contributed by atoms with Crippen molar-refractivity contribution in [2.45, 2.75) is 32.5 Å². The predicted molar refractivity (Wildman–Crippen MR) is 95.3 cm³/mol. The van der Waals surface area contributed by atoms with E-state index in [1.54, 1.807) is 24.3 Å². The third kappa shape index (κ3) is 5.87. The average molecular weight is 348 g/mol. The van der Waals surface area contributed by atoms with Crippen molar-refractivity contribution in [1.29, 1.82) is 0 Å². The highest BCUT2D eigenvalue weighted by Gasteiger charge is 2.10. The van der Waals surface area contributed by atoms with Crippen molar-refractivity contribution in [3.05, 3.63) is 64.7 Å². The van der Waals surface area contributed by atoms with E-state index >= 15 is 0 Å². The van der Waals surface area contributed by atoms with Gasteiger partial charge >= 0.3 is 0 Å². The second kappa shape index (κ2) is 8.71. The lowest BCUT2D eigenvalue weighted by Crippen LogP contribution is -2.29. The first-order valence-corrected chi connectivity index (χ1v) is 8.27. The molecule has 0 aliphatic rings. The molecule has 0 aromatic heterocycles. The summed E-state index contributed by atoms with van der Waals surface area (Å²) in [6.07, 6.45) is -0.398. The molecule has 1 atom stereocenters. The molecule has 128 valence electrons. The fraction of sp³-hybridized carbons (Fsp3) is 0.316. The van der Waals surface area contributed by atoms with Crippen molar-refractivity contribution in [1.82, 2.24) is 5.32 Å². The van der Waals surface area contributed by atoms with E-state index in [0.717, 1.165) is 16.9 Å². The molecule has 4 nitrogen and oxygen atoms in total. The topological polar surface area (TPSA) is 58.6 Å². The van der Waals surface area contributed by atoms with E-state index in [4.69, 9.17) is 16.3 Å². The Morgan fingerprint density at radius 1 is 1.12 bits per heavy atom. The van der Waals surface area contributed by atoms with Gasteiger partial charge in [-0.05, 0) is 49.2 Å². The molecule has 24 heavy (non-hydrogen) atoms. The Morgan fingerprint density at radius 2 is 1.75 bits per heavy atom. The molecule has 5 heteroatoms. The Bertz CT molecular complexity index is 653. The van der Waals surface area contributed by atoms with E-state index in [0.29, 0.717) is 5.02 Å². The van der Waals surface area contributed by atoms with Crippen LogP contribution in [0.15, 0.2) is 48.5 Å². The Hall–Kier alpha value is -2.04. The normalized spacial score (nSPS) is 12.0. The quantitative estimate of drug-likeness (QED) is 0.805. The van der Waals surface area contributed by atoms with Crippen LogP contribution in [0, 0.1) is 0 Å². The summed E-state index contributed by atoms with van der Waals surface area (Å²) in [6.45, 7) is 4.08. The van der Waals surface area contributed by atoms with E-state index < -0.39 is 6.10 Å². The molecule has 0 heterocycles. The van der Waals surface area contributed by atoms with Crippen LogP contribution in [-0.2, 0) is 11.2 Å². The summed E-state index contributed by atoms with van der Waals surface area (Å²) >= 11 is 5.82. The van der Waals surface area contributed by atoms with Gasteiger partial charge in [-0.2, -0.15) is 0 Å². The molecule has 2 N–H and O–H groups in total. The molecule has 0 fully saturated rings. The van der Waals surface area contributed by atoms with Crippen molar-refractivity contribution in [3.63, 3.8) is 0 Å². The summed E-state index contributed by atoms with van der Waals surface area (Å²) in [6, 6.07) is 14.3. The Kier molecular flexibility index (Phi) is 6.64. The minimum Gasteiger partial charge on any atom is -0.491 e. The van der Waals surface area contributed by atoms with Crippen LogP contribution in [0.5, 0.6) is 5.75 Å². The number of rotatable bonds is 7. The lowest BCUT2D eigenvalue weighted by molar-refractivity contribution is -0.120. The number of nitrogens with one attached hydrogen (secondary N) is 1. The van der Waals surface area contributed by atoms with Crippen molar-refractivity contribution in [2.24, 2.45) is 0 Å². The monoisotopic (exact) mass is 347 g/mol. The van der Waals surface area contributed by atoms with Gasteiger partial charge in [-0.3, -0.25) is 4.79 Å². The van der Waals surface area contributed by atoms with Crippen molar-refractivity contribution < 1.29 is 14.6 Å². The lowest BCUT2D eigenvalue weighted by Gasteiger charge is -2.14. The van der Waals surface area contributed by atoms with E-state index in [-0.39, 0.29) is 25.0 Å². The highest BCUT2D eigenvalue weighted by Crippen LogP contribution is 2.18. The fourth-order valence-corrected chi connectivity index (χ4v) is 2.35. The number of carbonyl (C=O) groups excluding carboxylic acids is 1. The first-order valence-electron chi connectivity index (χ1n) is 7.90. The number of ether oxygens (including phenoxy) is 1. The maximum atomic E-state index is 11.9. The van der Waals surface area contributed by atoms with Gasteiger partial charge in [0.25, 0.3) is 0 Å². The molecule has 2 aromatic rings. The number of benzene rings is 2. The molecule has 1 unspecified atom stereocenters. The molecule has 2 aromatic carbocycles. The zero-order valence-electron chi connectivity index (χ0n) is 13.8. The Balaban J connectivity index is 1.82. The Morgan fingerprint density at radius 3 is 2.33 bits per heavy atom. The van der Waals surface area contributed by atoms with Crippen molar-refractivity contribution >= 4 is 17.5 Å². The largest absolute Gasteiger partial charge is 0.491 e. The standard InChI is InChI=1S/C19H22ClNO3/c1-13(2)24-17-9-5-15(6-10-17)18(22)12-21-19(23)11-14-3-7-16(20)8-4-14/h3-10,13,18,22H,11-12H2,1-2H3,(H,21,23). The summed E-state index contributed by atoms with van der Waals surface area (Å²) in [5, 5.41) is 13.5. The van der Waals surface area contributed by atoms with Crippen LogP contribution in [0.4, 0.5) is 0 Å². The third-order valence-electron chi connectivity index (χ3n) is 3.41. The fourth-order valence-electron chi connectivity index (χ4n) is 2.22. The summed E-state index contributed by atoms with van der Waals surface area (Å²) in [5.41, 5.74) is 1.61. The zero-order chi connectivity index (χ0) is 17.5. The van der Waals surface area contributed by atoms with Crippen molar-refractivity contribution in [3.8, 4) is 5.75 Å². The molecule has 0 saturated heterocycles. The number of hydrogen-bond donors (Lipinski definition) is 2. The van der Waals surface area contributed by atoms with Gasteiger partial charge in [0.2, 0.25) is 5.91 Å². The molecule has 0 spiro atoms. The van der Waals surface area contributed by atoms with Crippen LogP contribution in [0.25, 0.3) is 0 Å². The van der Waals surface area contributed by atoms with Gasteiger partial charge in [0.15, 0.2) is 0 Å². The van der Waals surface area contributed by atoms with Crippen molar-refractivity contribution in [2.75, 3.05) is 6.54 Å². The van der Waals surface area contributed by atoms with Gasteiger partial charge < -0.3 is 15.2 Å². The minimum atomic E-state index is -0.757. The second-order valence-electron chi connectivity index (χ2n) is 5.86. The van der Waals surface area contributed by atoms with Crippen LogP contribution in [-0.4, -0.2) is 23.7 Å². The number of amides is 1. The van der Waals surface area contributed by atoms with Gasteiger partial charge in [0.1, 0.15) is 5.75 Å². The maximum absolute atomic E-state index is 11.9. The summed E-state index contributed by atoms with van der Waals surface area (Å²) < 4.78 is 5.56. The maximum Gasteiger partial charge on any atom is 0.224 e. The summed E-state index contributed by atoms with van der Waals surface area (Å²) in [4.78, 5) is 11.9. The van der Waals surface area contributed by atoms with Crippen LogP contribution in [0.3, 0.4) is 0 Å². The molecule has 0 radical (unpaired) electrons. The molecular weight excluding hydrogens is 326 g/mol. The van der Waals surface area contributed by atoms with Gasteiger partial charge in [-0.1, -0.05) is 35.9 Å². The number of carbonyl (C=O) groups is 1. The summed E-state index contributed by atoms with van der Waals surface area (Å²) in [7, 11) is 0. The van der Waals surface area contributed by atoms with Crippen LogP contribution in [0.1, 0.15) is 31.1 Å². The van der Waals surface area contributed by atoms with E-state index in [2.05, 4.69) is 5.32 Å². The Labute approximate surface area is 147 Å². The summed E-state index contributed by atoms with van der Waals surface area (Å²) in [5.74, 6) is 0.615. The molecular formula is C19H22ClNO3. The SMILES string of the molecule is CC(C)Oc1ccc(C(O)CNC(=O)Cc2ccc(Cl)cc2)cc1. The molecule has 0 aliphatic carbocycles. The lowest BCUT2D eigenvalue weighted by atomic mass is 10.1. The van der Waals surface area contributed by atoms with Gasteiger partial charge in [0.05, 0.1) is 18.6 Å². The third-order valence-corrected chi connectivity index (χ3v) is 3.66. The average Bonchev–Trinajstić information content (AvgIpc) is 2.55. The smallest absolute Gasteiger partial charge is 0.224 e.